The van der Waals surface area contributed by atoms with Crippen LogP contribution in [0.1, 0.15) is 49.0 Å². The summed E-state index contributed by atoms with van der Waals surface area (Å²) in [7, 11) is 0. The highest BCUT2D eigenvalue weighted by molar-refractivity contribution is 5.89. The summed E-state index contributed by atoms with van der Waals surface area (Å²) in [5.41, 5.74) is 4.00. The monoisotopic (exact) mass is 338 g/mol. The number of hydrogen-bond donors (Lipinski definition) is 0. The number of carbonyl (C=O) groups is 1. The van der Waals surface area contributed by atoms with Crippen LogP contribution in [0.3, 0.4) is 0 Å². The topological polar surface area (TPSA) is 26.3 Å². The molecule has 2 nitrogen and oxygen atoms in total. The number of hydrogen-bond acceptors (Lipinski definition) is 2. The summed E-state index contributed by atoms with van der Waals surface area (Å²) in [5, 5.41) is 0. The van der Waals surface area contributed by atoms with Crippen LogP contribution in [0.2, 0.25) is 0 Å². The van der Waals surface area contributed by atoms with Crippen molar-refractivity contribution in [2.45, 2.75) is 40.0 Å². The lowest BCUT2D eigenvalue weighted by atomic mass is 9.61. The second kappa shape index (κ2) is 7.86. The third-order valence-electron chi connectivity index (χ3n) is 5.66. The zero-order valence-electron chi connectivity index (χ0n) is 15.8. The van der Waals surface area contributed by atoms with Crippen molar-refractivity contribution >= 4 is 5.97 Å². The molecule has 0 aromatic heterocycles. The van der Waals surface area contributed by atoms with Gasteiger partial charge in [0.15, 0.2) is 0 Å². The first-order valence-electron chi connectivity index (χ1n) is 8.97. The van der Waals surface area contributed by atoms with Gasteiger partial charge in [0.05, 0.1) is 5.56 Å². The van der Waals surface area contributed by atoms with E-state index in [-0.39, 0.29) is 18.0 Å². The summed E-state index contributed by atoms with van der Waals surface area (Å²) in [5.74, 6) is 0.471. The normalized spacial score (nSPS) is 25.9. The van der Waals surface area contributed by atoms with Crippen molar-refractivity contribution in [3.05, 3.63) is 72.4 Å². The van der Waals surface area contributed by atoms with Crippen LogP contribution in [0.15, 0.2) is 61.2 Å². The van der Waals surface area contributed by atoms with Gasteiger partial charge in [0.1, 0.15) is 6.61 Å². The molecule has 134 valence electrons. The molecule has 0 N–H and O–H groups in total. The highest BCUT2D eigenvalue weighted by Gasteiger charge is 2.38. The van der Waals surface area contributed by atoms with Gasteiger partial charge in [-0.1, -0.05) is 49.4 Å². The number of carbonyl (C=O) groups excluding carboxylic acids is 1. The van der Waals surface area contributed by atoms with Crippen LogP contribution in [0, 0.1) is 24.2 Å². The molecule has 1 aromatic rings. The van der Waals surface area contributed by atoms with Gasteiger partial charge >= 0.3 is 5.97 Å². The van der Waals surface area contributed by atoms with Gasteiger partial charge in [0.25, 0.3) is 0 Å². The van der Waals surface area contributed by atoms with E-state index in [2.05, 4.69) is 39.7 Å². The predicted molar refractivity (Wildman–Crippen MR) is 105 cm³/mol. The first-order chi connectivity index (χ1) is 11.8. The molecule has 0 radical (unpaired) electrons. The lowest BCUT2D eigenvalue weighted by molar-refractivity contribution is 0.0521. The van der Waals surface area contributed by atoms with E-state index in [1.165, 1.54) is 5.57 Å². The van der Waals surface area contributed by atoms with Crippen molar-refractivity contribution in [1.29, 1.82) is 0 Å². The van der Waals surface area contributed by atoms with Gasteiger partial charge in [0, 0.05) is 0 Å². The molecule has 1 aliphatic rings. The van der Waals surface area contributed by atoms with Crippen molar-refractivity contribution in [1.82, 2.24) is 0 Å². The van der Waals surface area contributed by atoms with Gasteiger partial charge in [-0.05, 0) is 68.1 Å². The minimum atomic E-state index is -0.288. The number of allylic oxidation sites excluding steroid dienone is 2. The van der Waals surface area contributed by atoms with E-state index in [1.54, 1.807) is 12.1 Å². The van der Waals surface area contributed by atoms with E-state index in [9.17, 15) is 4.79 Å². The van der Waals surface area contributed by atoms with Crippen LogP contribution in [0.5, 0.6) is 0 Å². The van der Waals surface area contributed by atoms with Gasteiger partial charge in [-0.3, -0.25) is 0 Å². The van der Waals surface area contributed by atoms with E-state index in [0.29, 0.717) is 17.4 Å². The van der Waals surface area contributed by atoms with Crippen molar-refractivity contribution in [2.75, 3.05) is 6.61 Å². The maximum absolute atomic E-state index is 12.2. The van der Waals surface area contributed by atoms with Gasteiger partial charge < -0.3 is 4.74 Å². The van der Waals surface area contributed by atoms with Crippen LogP contribution < -0.4 is 0 Å². The van der Waals surface area contributed by atoms with E-state index < -0.39 is 0 Å². The second-order valence-corrected chi connectivity index (χ2v) is 7.68. The zero-order valence-corrected chi connectivity index (χ0v) is 15.8. The molecule has 0 unspecified atom stereocenters. The Morgan fingerprint density at radius 2 is 1.96 bits per heavy atom. The van der Waals surface area contributed by atoms with Crippen LogP contribution in [-0.4, -0.2) is 12.6 Å². The average Bonchev–Trinajstić information content (AvgIpc) is 2.60. The Hall–Kier alpha value is -2.09. The lowest BCUT2D eigenvalue weighted by Crippen LogP contribution is -2.34. The molecule has 2 rings (SSSR count). The summed E-state index contributed by atoms with van der Waals surface area (Å²) in [4.78, 5) is 12.2. The molecule has 1 fully saturated rings. The maximum atomic E-state index is 12.2. The molecule has 1 aliphatic carbocycles. The molecule has 3 atom stereocenters. The predicted octanol–water partition coefficient (Wildman–Crippen LogP) is 5.89. The van der Waals surface area contributed by atoms with E-state index in [4.69, 9.17) is 4.74 Å². The molecular formula is C23H30O2. The standard InChI is InChI=1S/C23H30O2/c1-7-23(6)13-12-20(14-21(23)16(2)3)18(5)15-25-22(24)19-10-8-17(4)9-11-19/h7-11,20-21H,1-2,5,12-15H2,3-4,6H3/t20-,21+,23-/m1/s1. The Morgan fingerprint density at radius 1 is 1.32 bits per heavy atom. The Bertz CT molecular complexity index is 668. The molecule has 0 saturated heterocycles. The van der Waals surface area contributed by atoms with E-state index in [0.717, 1.165) is 30.4 Å². The Labute approximate surface area is 152 Å². The van der Waals surface area contributed by atoms with Gasteiger partial charge in [-0.2, -0.15) is 0 Å². The summed E-state index contributed by atoms with van der Waals surface area (Å²) in [6.07, 6.45) is 5.18. The Kier molecular flexibility index (Phi) is 6.05. The van der Waals surface area contributed by atoms with Crippen LogP contribution >= 0.6 is 0 Å². The molecule has 25 heavy (non-hydrogen) atoms. The zero-order chi connectivity index (χ0) is 18.6. The van der Waals surface area contributed by atoms with Gasteiger partial charge in [-0.15, -0.1) is 6.58 Å². The van der Waals surface area contributed by atoms with Crippen molar-refractivity contribution in [2.24, 2.45) is 17.3 Å². The highest BCUT2D eigenvalue weighted by Crippen LogP contribution is 2.48. The van der Waals surface area contributed by atoms with Gasteiger partial charge in [0.2, 0.25) is 0 Å². The number of benzene rings is 1. The molecule has 0 amide bonds. The minimum absolute atomic E-state index is 0.0984. The third kappa shape index (κ3) is 4.50. The Balaban J connectivity index is 1.95. The first kappa shape index (κ1) is 19.2. The largest absolute Gasteiger partial charge is 0.458 e. The van der Waals surface area contributed by atoms with E-state index >= 15 is 0 Å². The smallest absolute Gasteiger partial charge is 0.338 e. The SMILES string of the molecule is C=C[C@]1(C)CC[C@@H](C(=C)COC(=O)c2ccc(C)cc2)C[C@H]1C(=C)C. The fraction of sp³-hybridized carbons (Fsp3) is 0.435. The molecule has 1 aromatic carbocycles. The first-order valence-corrected chi connectivity index (χ1v) is 8.97. The number of aryl methyl sites for hydroxylation is 1. The molecule has 0 spiro atoms. The fourth-order valence-electron chi connectivity index (χ4n) is 3.76. The highest BCUT2D eigenvalue weighted by atomic mass is 16.5. The second-order valence-electron chi connectivity index (χ2n) is 7.68. The summed E-state index contributed by atoms with van der Waals surface area (Å²) in [6.45, 7) is 19.0. The summed E-state index contributed by atoms with van der Waals surface area (Å²) in [6, 6.07) is 7.43. The molecule has 2 heteroatoms. The maximum Gasteiger partial charge on any atom is 0.338 e. The number of ether oxygens (including phenoxy) is 1. The molecular weight excluding hydrogens is 308 g/mol. The molecule has 0 bridgehead atoms. The van der Waals surface area contributed by atoms with E-state index in [1.807, 2.05) is 19.1 Å². The molecule has 0 heterocycles. The van der Waals surface area contributed by atoms with Crippen molar-refractivity contribution in [3.63, 3.8) is 0 Å². The average molecular weight is 338 g/mol. The van der Waals surface area contributed by atoms with Crippen molar-refractivity contribution in [3.8, 4) is 0 Å². The summed E-state index contributed by atoms with van der Waals surface area (Å²) >= 11 is 0. The quantitative estimate of drug-likeness (QED) is 0.477. The minimum Gasteiger partial charge on any atom is -0.458 e. The van der Waals surface area contributed by atoms with Gasteiger partial charge in [-0.25, -0.2) is 4.79 Å². The van der Waals surface area contributed by atoms with Crippen LogP contribution in [-0.2, 0) is 4.74 Å². The summed E-state index contributed by atoms with van der Waals surface area (Å²) < 4.78 is 5.48. The van der Waals surface area contributed by atoms with Crippen LogP contribution in [0.25, 0.3) is 0 Å². The molecule has 1 saturated carbocycles. The lowest BCUT2D eigenvalue weighted by Gasteiger charge is -2.43. The number of esters is 1. The number of rotatable bonds is 6. The third-order valence-corrected chi connectivity index (χ3v) is 5.66. The fourth-order valence-corrected chi connectivity index (χ4v) is 3.76. The Morgan fingerprint density at radius 3 is 2.52 bits per heavy atom. The molecule has 0 aliphatic heterocycles. The van der Waals surface area contributed by atoms with Crippen LogP contribution in [0.4, 0.5) is 0 Å². The van der Waals surface area contributed by atoms with Crippen molar-refractivity contribution < 1.29 is 9.53 Å².